The molecule has 2 heterocycles. The zero-order chi connectivity index (χ0) is 17.1. The fourth-order valence-corrected chi connectivity index (χ4v) is 2.87. The molecule has 0 saturated carbocycles. The number of benzene rings is 1. The molecular formula is C17H20BrN5O. The second-order valence-corrected chi connectivity index (χ2v) is 6.83. The predicted molar refractivity (Wildman–Crippen MR) is 97.6 cm³/mol. The molecule has 24 heavy (non-hydrogen) atoms. The summed E-state index contributed by atoms with van der Waals surface area (Å²) in [6.07, 6.45) is 3.13. The van der Waals surface area contributed by atoms with Crippen LogP contribution in [0.25, 0.3) is 0 Å². The van der Waals surface area contributed by atoms with Crippen molar-refractivity contribution in [2.75, 3.05) is 38.5 Å². The van der Waals surface area contributed by atoms with Crippen molar-refractivity contribution in [2.24, 2.45) is 0 Å². The molecule has 126 valence electrons. The Morgan fingerprint density at radius 1 is 1.17 bits per heavy atom. The first-order valence-electron chi connectivity index (χ1n) is 7.86. The third-order valence-corrected chi connectivity index (χ3v) is 4.96. The van der Waals surface area contributed by atoms with Crippen LogP contribution in [0.2, 0.25) is 0 Å². The first kappa shape index (κ1) is 16.9. The number of aromatic nitrogens is 2. The lowest BCUT2D eigenvalue weighted by Gasteiger charge is -2.32. The Morgan fingerprint density at radius 3 is 2.54 bits per heavy atom. The lowest BCUT2D eigenvalue weighted by molar-refractivity contribution is 0.0658. The molecule has 3 rings (SSSR count). The van der Waals surface area contributed by atoms with E-state index in [9.17, 15) is 4.79 Å². The number of amides is 1. The number of rotatable bonds is 3. The molecule has 0 atom stereocenters. The fourth-order valence-electron chi connectivity index (χ4n) is 2.49. The molecule has 1 aromatic carbocycles. The summed E-state index contributed by atoms with van der Waals surface area (Å²) < 4.78 is 1.03. The number of hydrogen-bond acceptors (Lipinski definition) is 5. The summed E-state index contributed by atoms with van der Waals surface area (Å²) in [5.74, 6) is 0.556. The Kier molecular flexibility index (Phi) is 5.11. The summed E-state index contributed by atoms with van der Waals surface area (Å²) in [4.78, 5) is 25.1. The van der Waals surface area contributed by atoms with Gasteiger partial charge in [0, 0.05) is 36.3 Å². The van der Waals surface area contributed by atoms with Crippen molar-refractivity contribution >= 4 is 33.3 Å². The largest absolute Gasteiger partial charge is 0.339 e. The molecule has 6 nitrogen and oxygen atoms in total. The fraction of sp³-hybridized carbons (Fsp3) is 0.353. The number of carbonyl (C=O) groups excluding carboxylic acids is 1. The van der Waals surface area contributed by atoms with E-state index in [1.54, 1.807) is 6.20 Å². The molecule has 1 aliphatic rings. The van der Waals surface area contributed by atoms with Crippen LogP contribution in [0.3, 0.4) is 0 Å². The molecule has 7 heteroatoms. The molecule has 1 saturated heterocycles. The Hall–Kier alpha value is -1.99. The Balaban J connectivity index is 1.66. The Bertz CT molecular complexity index is 726. The quantitative estimate of drug-likeness (QED) is 0.873. The van der Waals surface area contributed by atoms with Gasteiger partial charge in [0.2, 0.25) is 0 Å². The number of aryl methyl sites for hydroxylation is 1. The van der Waals surface area contributed by atoms with E-state index >= 15 is 0 Å². The van der Waals surface area contributed by atoms with Crippen LogP contribution >= 0.6 is 15.9 Å². The number of nitrogens with zero attached hydrogens (tertiary/aromatic N) is 4. The van der Waals surface area contributed by atoms with Crippen LogP contribution in [-0.2, 0) is 0 Å². The maximum atomic E-state index is 12.4. The molecule has 2 aromatic rings. The zero-order valence-corrected chi connectivity index (χ0v) is 15.4. The molecule has 0 aliphatic carbocycles. The molecule has 0 spiro atoms. The number of halogens is 1. The number of nitrogens with one attached hydrogen (secondary N) is 1. The molecule has 1 aliphatic heterocycles. The van der Waals surface area contributed by atoms with Gasteiger partial charge in [0.05, 0.1) is 12.4 Å². The highest BCUT2D eigenvalue weighted by Gasteiger charge is 2.21. The van der Waals surface area contributed by atoms with Crippen LogP contribution < -0.4 is 5.32 Å². The van der Waals surface area contributed by atoms with E-state index in [0.717, 1.165) is 36.3 Å². The van der Waals surface area contributed by atoms with Gasteiger partial charge in [-0.15, -0.1) is 0 Å². The van der Waals surface area contributed by atoms with Crippen LogP contribution in [0, 0.1) is 6.92 Å². The molecular weight excluding hydrogens is 370 g/mol. The van der Waals surface area contributed by atoms with Crippen molar-refractivity contribution in [3.63, 3.8) is 0 Å². The average Bonchev–Trinajstić information content (AvgIpc) is 2.59. The number of hydrogen-bond donors (Lipinski definition) is 1. The van der Waals surface area contributed by atoms with Crippen molar-refractivity contribution < 1.29 is 4.79 Å². The SMILES string of the molecule is Cc1ccc(Nc2cnc(C(=O)N3CCN(C)CC3)cn2)cc1Br. The average molecular weight is 390 g/mol. The normalized spacial score (nSPS) is 15.4. The first-order chi connectivity index (χ1) is 11.5. The summed E-state index contributed by atoms with van der Waals surface area (Å²) in [7, 11) is 2.06. The van der Waals surface area contributed by atoms with Crippen LogP contribution in [0.4, 0.5) is 11.5 Å². The van der Waals surface area contributed by atoms with Gasteiger partial charge in [0.25, 0.3) is 5.91 Å². The van der Waals surface area contributed by atoms with Crippen LogP contribution in [0.5, 0.6) is 0 Å². The van der Waals surface area contributed by atoms with E-state index in [4.69, 9.17) is 0 Å². The summed E-state index contributed by atoms with van der Waals surface area (Å²) in [6, 6.07) is 5.98. The highest BCUT2D eigenvalue weighted by molar-refractivity contribution is 9.10. The van der Waals surface area contributed by atoms with Crippen molar-refractivity contribution in [3.8, 4) is 0 Å². The third-order valence-electron chi connectivity index (χ3n) is 4.11. The van der Waals surface area contributed by atoms with Gasteiger partial charge >= 0.3 is 0 Å². The monoisotopic (exact) mass is 389 g/mol. The van der Waals surface area contributed by atoms with Crippen LogP contribution in [-0.4, -0.2) is 58.9 Å². The summed E-state index contributed by atoms with van der Waals surface area (Å²) in [5.41, 5.74) is 2.47. The lowest BCUT2D eigenvalue weighted by atomic mass is 10.2. The van der Waals surface area contributed by atoms with Crippen molar-refractivity contribution in [3.05, 3.63) is 46.3 Å². The van der Waals surface area contributed by atoms with Gasteiger partial charge in [-0.2, -0.15) is 0 Å². The molecule has 1 aromatic heterocycles. The van der Waals surface area contributed by atoms with E-state index in [-0.39, 0.29) is 5.91 Å². The molecule has 1 amide bonds. The molecule has 0 unspecified atom stereocenters. The van der Waals surface area contributed by atoms with Gasteiger partial charge < -0.3 is 15.1 Å². The summed E-state index contributed by atoms with van der Waals surface area (Å²) in [6.45, 7) is 5.28. The summed E-state index contributed by atoms with van der Waals surface area (Å²) >= 11 is 3.51. The van der Waals surface area contributed by atoms with Gasteiger partial charge in [-0.1, -0.05) is 22.0 Å². The second-order valence-electron chi connectivity index (χ2n) is 5.97. The smallest absolute Gasteiger partial charge is 0.274 e. The summed E-state index contributed by atoms with van der Waals surface area (Å²) in [5, 5.41) is 3.19. The molecule has 1 fully saturated rings. The van der Waals surface area contributed by atoms with E-state index in [0.29, 0.717) is 11.5 Å². The van der Waals surface area contributed by atoms with E-state index < -0.39 is 0 Å². The third kappa shape index (κ3) is 3.91. The predicted octanol–water partition coefficient (Wildman–Crippen LogP) is 2.68. The Morgan fingerprint density at radius 2 is 1.92 bits per heavy atom. The van der Waals surface area contributed by atoms with Gasteiger partial charge in [-0.3, -0.25) is 4.79 Å². The van der Waals surface area contributed by atoms with Gasteiger partial charge in [0.1, 0.15) is 11.5 Å². The number of anilines is 2. The van der Waals surface area contributed by atoms with E-state index in [2.05, 4.69) is 43.2 Å². The standard InChI is InChI=1S/C17H20BrN5O/c1-12-3-4-13(9-14(12)18)21-16-11-19-15(10-20-16)17(24)23-7-5-22(2)6-8-23/h3-4,9-11H,5-8H2,1-2H3,(H,20,21). The van der Waals surface area contributed by atoms with E-state index in [1.165, 1.54) is 11.8 Å². The molecule has 1 N–H and O–H groups in total. The lowest BCUT2D eigenvalue weighted by Crippen LogP contribution is -2.47. The minimum absolute atomic E-state index is 0.0553. The maximum absolute atomic E-state index is 12.4. The molecule has 0 radical (unpaired) electrons. The van der Waals surface area contributed by atoms with Gasteiger partial charge in [-0.25, -0.2) is 9.97 Å². The van der Waals surface area contributed by atoms with Crippen molar-refractivity contribution in [1.82, 2.24) is 19.8 Å². The Labute approximate surface area is 150 Å². The van der Waals surface area contributed by atoms with Crippen molar-refractivity contribution in [1.29, 1.82) is 0 Å². The topological polar surface area (TPSA) is 61.4 Å². The molecule has 0 bridgehead atoms. The number of piperazine rings is 1. The van der Waals surface area contributed by atoms with Crippen LogP contribution in [0.1, 0.15) is 16.1 Å². The zero-order valence-electron chi connectivity index (χ0n) is 13.8. The van der Waals surface area contributed by atoms with Crippen molar-refractivity contribution in [2.45, 2.75) is 6.92 Å². The second kappa shape index (κ2) is 7.27. The minimum Gasteiger partial charge on any atom is -0.339 e. The maximum Gasteiger partial charge on any atom is 0.274 e. The number of likely N-dealkylation sites (N-methyl/N-ethyl adjacent to an activating group) is 1. The highest BCUT2D eigenvalue weighted by Crippen LogP contribution is 2.22. The van der Waals surface area contributed by atoms with Gasteiger partial charge in [-0.05, 0) is 31.7 Å². The van der Waals surface area contributed by atoms with Crippen LogP contribution in [0.15, 0.2) is 35.1 Å². The van der Waals surface area contributed by atoms with Gasteiger partial charge in [0.15, 0.2) is 0 Å². The van der Waals surface area contributed by atoms with E-state index in [1.807, 2.05) is 30.0 Å². The highest BCUT2D eigenvalue weighted by atomic mass is 79.9. The number of carbonyl (C=O) groups is 1. The minimum atomic E-state index is -0.0553. The first-order valence-corrected chi connectivity index (χ1v) is 8.65.